The van der Waals surface area contributed by atoms with Gasteiger partial charge in [0.25, 0.3) is 0 Å². The number of carbonyl (C=O) groups excluding carboxylic acids is 1. The van der Waals surface area contributed by atoms with E-state index in [1.165, 1.54) is 10.5 Å². The first kappa shape index (κ1) is 16.3. The lowest BCUT2D eigenvalue weighted by molar-refractivity contribution is 0.220. The molecular formula is C16H18BrN3O2. The number of nitrogens with one attached hydrogen (secondary N) is 1. The molecule has 0 aliphatic carbocycles. The van der Waals surface area contributed by atoms with Crippen LogP contribution in [0.2, 0.25) is 0 Å². The molecule has 22 heavy (non-hydrogen) atoms. The largest absolute Gasteiger partial charge is 0.354 e. The molecule has 0 saturated carbocycles. The Hall–Kier alpha value is -2.08. The van der Waals surface area contributed by atoms with E-state index in [0.717, 1.165) is 5.56 Å². The molecule has 6 heteroatoms. The second-order valence-electron chi connectivity index (χ2n) is 5.29. The van der Waals surface area contributed by atoms with Crippen LogP contribution in [-0.2, 0) is 13.6 Å². The van der Waals surface area contributed by atoms with Crippen molar-refractivity contribution in [2.45, 2.75) is 13.5 Å². The first-order chi connectivity index (χ1) is 10.4. The van der Waals surface area contributed by atoms with Gasteiger partial charge in [-0.2, -0.15) is 0 Å². The van der Waals surface area contributed by atoms with E-state index in [9.17, 15) is 9.59 Å². The topological polar surface area (TPSA) is 54.3 Å². The number of halogens is 1. The molecule has 2 amide bonds. The maximum absolute atomic E-state index is 12.2. The third-order valence-corrected chi connectivity index (χ3v) is 3.80. The average Bonchev–Trinajstić information content (AvgIpc) is 2.46. The number of urea groups is 1. The SMILES string of the molecule is Cc1ccc(CN(C)C(=O)Nc2cn(C)cc(Br)c2=O)cc1. The van der Waals surface area contributed by atoms with Gasteiger partial charge >= 0.3 is 6.03 Å². The Kier molecular flexibility index (Phi) is 5.03. The van der Waals surface area contributed by atoms with E-state index < -0.39 is 0 Å². The van der Waals surface area contributed by atoms with E-state index >= 15 is 0 Å². The van der Waals surface area contributed by atoms with Crippen molar-refractivity contribution in [1.29, 1.82) is 0 Å². The van der Waals surface area contributed by atoms with Gasteiger partial charge < -0.3 is 14.8 Å². The molecule has 2 aromatic rings. The number of aromatic nitrogens is 1. The molecule has 116 valence electrons. The molecule has 0 aliphatic rings. The van der Waals surface area contributed by atoms with Gasteiger partial charge in [0.05, 0.1) is 4.47 Å². The summed E-state index contributed by atoms with van der Waals surface area (Å²) in [4.78, 5) is 25.7. The first-order valence-electron chi connectivity index (χ1n) is 6.80. The number of anilines is 1. The fourth-order valence-electron chi connectivity index (χ4n) is 2.00. The normalized spacial score (nSPS) is 10.4. The second-order valence-corrected chi connectivity index (χ2v) is 6.14. The van der Waals surface area contributed by atoms with Crippen LogP contribution >= 0.6 is 15.9 Å². The number of hydrogen-bond donors (Lipinski definition) is 1. The highest BCUT2D eigenvalue weighted by Crippen LogP contribution is 2.10. The Bertz CT molecular complexity index is 738. The minimum Gasteiger partial charge on any atom is -0.354 e. The molecule has 2 rings (SSSR count). The van der Waals surface area contributed by atoms with Crippen molar-refractivity contribution in [3.8, 4) is 0 Å². The second kappa shape index (κ2) is 6.79. The third kappa shape index (κ3) is 3.98. The van der Waals surface area contributed by atoms with Crippen molar-refractivity contribution in [1.82, 2.24) is 9.47 Å². The molecule has 0 saturated heterocycles. The Balaban J connectivity index is 2.08. The summed E-state index contributed by atoms with van der Waals surface area (Å²) in [5.74, 6) is 0. The van der Waals surface area contributed by atoms with Gasteiger partial charge in [-0.15, -0.1) is 0 Å². The highest BCUT2D eigenvalue weighted by Gasteiger charge is 2.12. The van der Waals surface area contributed by atoms with Crippen LogP contribution in [0.5, 0.6) is 0 Å². The summed E-state index contributed by atoms with van der Waals surface area (Å²) in [5, 5.41) is 2.65. The summed E-state index contributed by atoms with van der Waals surface area (Å²) in [6.07, 6.45) is 3.23. The van der Waals surface area contributed by atoms with Gasteiger partial charge in [0.2, 0.25) is 5.43 Å². The van der Waals surface area contributed by atoms with Gasteiger partial charge in [0.1, 0.15) is 5.69 Å². The predicted octanol–water partition coefficient (Wildman–Crippen LogP) is 3.12. The molecule has 0 bridgehead atoms. The number of rotatable bonds is 3. The van der Waals surface area contributed by atoms with Gasteiger partial charge in [0, 0.05) is 33.0 Å². The van der Waals surface area contributed by atoms with Crippen molar-refractivity contribution in [2.75, 3.05) is 12.4 Å². The monoisotopic (exact) mass is 363 g/mol. The molecular weight excluding hydrogens is 346 g/mol. The number of carbonyl (C=O) groups is 1. The summed E-state index contributed by atoms with van der Waals surface area (Å²) in [5.41, 5.74) is 2.21. The number of pyridine rings is 1. The van der Waals surface area contributed by atoms with Gasteiger partial charge in [-0.3, -0.25) is 4.79 Å². The first-order valence-corrected chi connectivity index (χ1v) is 7.59. The van der Waals surface area contributed by atoms with Crippen molar-refractivity contribution < 1.29 is 4.79 Å². The van der Waals surface area contributed by atoms with Crippen molar-refractivity contribution >= 4 is 27.6 Å². The average molecular weight is 364 g/mol. The molecule has 0 spiro atoms. The summed E-state index contributed by atoms with van der Waals surface area (Å²) in [7, 11) is 3.48. The quantitative estimate of drug-likeness (QED) is 0.910. The van der Waals surface area contributed by atoms with E-state index in [-0.39, 0.29) is 17.1 Å². The van der Waals surface area contributed by atoms with Gasteiger partial charge in [0.15, 0.2) is 0 Å². The van der Waals surface area contributed by atoms with Gasteiger partial charge in [-0.05, 0) is 28.4 Å². The van der Waals surface area contributed by atoms with Crippen molar-refractivity contribution in [2.24, 2.45) is 7.05 Å². The van der Waals surface area contributed by atoms with E-state index in [0.29, 0.717) is 11.0 Å². The Morgan fingerprint density at radius 1 is 1.27 bits per heavy atom. The molecule has 0 unspecified atom stereocenters. The third-order valence-electron chi connectivity index (χ3n) is 3.24. The van der Waals surface area contributed by atoms with Crippen LogP contribution in [0.4, 0.5) is 10.5 Å². The molecule has 1 aromatic carbocycles. The highest BCUT2D eigenvalue weighted by atomic mass is 79.9. The zero-order chi connectivity index (χ0) is 16.3. The lowest BCUT2D eigenvalue weighted by atomic mass is 10.1. The fourth-order valence-corrected chi connectivity index (χ4v) is 2.54. The summed E-state index contributed by atoms with van der Waals surface area (Å²) >= 11 is 3.19. The standard InChI is InChI=1S/C16H18BrN3O2/c1-11-4-6-12(7-5-11)8-20(3)16(22)18-14-10-19(2)9-13(17)15(14)21/h4-7,9-10H,8H2,1-3H3,(H,18,22). The molecule has 0 aliphatic heterocycles. The molecule has 1 aromatic heterocycles. The number of aryl methyl sites for hydroxylation is 2. The molecule has 1 heterocycles. The molecule has 0 radical (unpaired) electrons. The van der Waals surface area contributed by atoms with Crippen LogP contribution in [0.15, 0.2) is 45.9 Å². The lowest BCUT2D eigenvalue weighted by Crippen LogP contribution is -2.32. The number of amides is 2. The van der Waals surface area contributed by atoms with Crippen LogP contribution in [0.25, 0.3) is 0 Å². The predicted molar refractivity (Wildman–Crippen MR) is 91.0 cm³/mol. The van der Waals surface area contributed by atoms with Crippen LogP contribution in [0, 0.1) is 6.92 Å². The zero-order valence-corrected chi connectivity index (χ0v) is 14.3. The fraction of sp³-hybridized carbons (Fsp3) is 0.250. The van der Waals surface area contributed by atoms with Crippen LogP contribution in [0.3, 0.4) is 0 Å². The van der Waals surface area contributed by atoms with E-state index in [1.54, 1.807) is 31.1 Å². The smallest absolute Gasteiger partial charge is 0.322 e. The highest BCUT2D eigenvalue weighted by molar-refractivity contribution is 9.10. The van der Waals surface area contributed by atoms with Crippen LogP contribution < -0.4 is 10.7 Å². The number of hydrogen-bond acceptors (Lipinski definition) is 2. The minimum atomic E-state index is -0.323. The summed E-state index contributed by atoms with van der Waals surface area (Å²) < 4.78 is 2.12. The Morgan fingerprint density at radius 3 is 2.55 bits per heavy atom. The Labute approximate surface area is 137 Å². The van der Waals surface area contributed by atoms with E-state index in [2.05, 4.69) is 21.2 Å². The van der Waals surface area contributed by atoms with Crippen LogP contribution in [0.1, 0.15) is 11.1 Å². The van der Waals surface area contributed by atoms with E-state index in [1.807, 2.05) is 31.2 Å². The molecule has 1 N–H and O–H groups in total. The number of nitrogens with zero attached hydrogens (tertiary/aromatic N) is 2. The minimum absolute atomic E-state index is 0.241. The molecule has 5 nitrogen and oxygen atoms in total. The van der Waals surface area contributed by atoms with Crippen molar-refractivity contribution in [3.05, 3.63) is 62.5 Å². The molecule has 0 fully saturated rings. The van der Waals surface area contributed by atoms with Gasteiger partial charge in [-0.1, -0.05) is 29.8 Å². The summed E-state index contributed by atoms with van der Waals surface area (Å²) in [6, 6.07) is 7.65. The van der Waals surface area contributed by atoms with Crippen LogP contribution in [-0.4, -0.2) is 22.5 Å². The van der Waals surface area contributed by atoms with Crippen molar-refractivity contribution in [3.63, 3.8) is 0 Å². The number of benzene rings is 1. The maximum Gasteiger partial charge on any atom is 0.322 e. The van der Waals surface area contributed by atoms with Gasteiger partial charge in [-0.25, -0.2) is 4.79 Å². The summed E-state index contributed by atoms with van der Waals surface area (Å²) in [6.45, 7) is 2.49. The Morgan fingerprint density at radius 2 is 1.91 bits per heavy atom. The zero-order valence-electron chi connectivity index (χ0n) is 12.8. The van der Waals surface area contributed by atoms with E-state index in [4.69, 9.17) is 0 Å². The lowest BCUT2D eigenvalue weighted by Gasteiger charge is -2.18. The molecule has 0 atom stereocenters. The maximum atomic E-state index is 12.2.